The Labute approximate surface area is 187 Å². The van der Waals surface area contributed by atoms with Gasteiger partial charge in [-0.15, -0.1) is 11.8 Å². The summed E-state index contributed by atoms with van der Waals surface area (Å²) < 4.78 is 0. The summed E-state index contributed by atoms with van der Waals surface area (Å²) in [5.74, 6) is 0.264. The smallest absolute Gasteiger partial charge is 0.234 e. The van der Waals surface area contributed by atoms with Gasteiger partial charge >= 0.3 is 0 Å². The number of anilines is 1. The minimum absolute atomic E-state index is 0.0373. The minimum atomic E-state index is -0.0373. The van der Waals surface area contributed by atoms with Crippen LogP contribution in [0.1, 0.15) is 28.7 Å². The van der Waals surface area contributed by atoms with Crippen molar-refractivity contribution in [2.45, 2.75) is 27.2 Å². The molecule has 4 rings (SSSR count). The van der Waals surface area contributed by atoms with E-state index in [2.05, 4.69) is 43.4 Å². The third-order valence-electron chi connectivity index (χ3n) is 5.31. The number of hydrogen-bond donors (Lipinski definition) is 1. The number of carbonyl (C=O) groups excluding carboxylic acids is 1. The first-order valence-electron chi connectivity index (χ1n) is 10.3. The van der Waals surface area contributed by atoms with E-state index in [0.717, 1.165) is 38.9 Å². The summed E-state index contributed by atoms with van der Waals surface area (Å²) >= 11 is 1.47. The van der Waals surface area contributed by atoms with Gasteiger partial charge in [-0.25, -0.2) is 4.99 Å². The maximum Gasteiger partial charge on any atom is 0.234 e. The van der Waals surface area contributed by atoms with Gasteiger partial charge in [-0.05, 0) is 61.2 Å². The summed E-state index contributed by atoms with van der Waals surface area (Å²) in [5.41, 5.74) is 8.04. The lowest BCUT2D eigenvalue weighted by molar-refractivity contribution is -0.113. The van der Waals surface area contributed by atoms with Gasteiger partial charge in [0.05, 0.1) is 27.9 Å². The van der Waals surface area contributed by atoms with Gasteiger partial charge in [0.2, 0.25) is 5.91 Å². The van der Waals surface area contributed by atoms with E-state index in [1.807, 2.05) is 49.4 Å². The number of nitrogens with one attached hydrogen (secondary N) is 1. The SMILES string of the molecule is Cc1cc2c(cc1C)N=C(c1ccccc1)CC(SCC(=O)Nc1ccccc1C)=N2. The van der Waals surface area contributed by atoms with Crippen LogP contribution in [0.2, 0.25) is 0 Å². The number of para-hydroxylation sites is 1. The fourth-order valence-corrected chi connectivity index (χ4v) is 4.17. The van der Waals surface area contributed by atoms with Crippen molar-refractivity contribution in [3.8, 4) is 0 Å². The van der Waals surface area contributed by atoms with Gasteiger partial charge in [-0.1, -0.05) is 48.5 Å². The average molecular weight is 428 g/mol. The van der Waals surface area contributed by atoms with Crippen molar-refractivity contribution in [2.75, 3.05) is 11.1 Å². The summed E-state index contributed by atoms with van der Waals surface area (Å²) in [6, 6.07) is 22.1. The van der Waals surface area contributed by atoms with Gasteiger partial charge in [0, 0.05) is 12.1 Å². The number of hydrogen-bond acceptors (Lipinski definition) is 4. The molecule has 0 radical (unpaired) electrons. The number of nitrogens with zero attached hydrogens (tertiary/aromatic N) is 2. The molecule has 1 aliphatic heterocycles. The standard InChI is InChI=1S/C26H25N3OS/c1-17-9-7-8-12-21(17)28-25(30)16-31-26-15-22(20-10-5-4-6-11-20)27-23-13-18(2)19(3)14-24(23)29-26/h4-14H,15-16H2,1-3H3,(H,28,30). The molecule has 0 aliphatic carbocycles. The predicted octanol–water partition coefficient (Wildman–Crippen LogP) is 6.54. The van der Waals surface area contributed by atoms with Gasteiger partial charge in [-0.3, -0.25) is 9.79 Å². The van der Waals surface area contributed by atoms with Crippen molar-refractivity contribution >= 4 is 45.5 Å². The molecule has 0 fully saturated rings. The number of thioether (sulfide) groups is 1. The van der Waals surface area contributed by atoms with E-state index in [1.54, 1.807) is 0 Å². The zero-order valence-electron chi connectivity index (χ0n) is 18.0. The van der Waals surface area contributed by atoms with Crippen LogP contribution in [0.25, 0.3) is 0 Å². The Morgan fingerprint density at radius 2 is 1.52 bits per heavy atom. The Morgan fingerprint density at radius 1 is 0.871 bits per heavy atom. The Morgan fingerprint density at radius 3 is 2.23 bits per heavy atom. The van der Waals surface area contributed by atoms with Crippen LogP contribution in [-0.2, 0) is 4.79 Å². The highest BCUT2D eigenvalue weighted by Gasteiger charge is 2.17. The van der Waals surface area contributed by atoms with Crippen molar-refractivity contribution in [1.29, 1.82) is 0 Å². The molecular formula is C26H25N3OS. The van der Waals surface area contributed by atoms with Gasteiger partial charge in [0.1, 0.15) is 0 Å². The van der Waals surface area contributed by atoms with Crippen LogP contribution in [0.4, 0.5) is 17.1 Å². The minimum Gasteiger partial charge on any atom is -0.325 e. The number of carbonyl (C=O) groups is 1. The number of rotatable bonds is 4. The van der Waals surface area contributed by atoms with Crippen LogP contribution in [0.3, 0.4) is 0 Å². The first kappa shape index (κ1) is 21.1. The van der Waals surface area contributed by atoms with E-state index in [4.69, 9.17) is 9.98 Å². The zero-order chi connectivity index (χ0) is 21.8. The van der Waals surface area contributed by atoms with Crippen molar-refractivity contribution in [1.82, 2.24) is 0 Å². The molecule has 5 heteroatoms. The van der Waals surface area contributed by atoms with E-state index in [-0.39, 0.29) is 5.91 Å². The molecule has 4 nitrogen and oxygen atoms in total. The first-order chi connectivity index (χ1) is 15.0. The largest absolute Gasteiger partial charge is 0.325 e. The topological polar surface area (TPSA) is 53.8 Å². The Hall–Kier alpha value is -3.18. The Kier molecular flexibility index (Phi) is 6.33. The third kappa shape index (κ3) is 5.12. The van der Waals surface area contributed by atoms with E-state index in [1.165, 1.54) is 22.9 Å². The molecule has 0 atom stereocenters. The fraction of sp³-hybridized carbons (Fsp3) is 0.192. The number of aryl methyl sites for hydroxylation is 3. The number of aliphatic imine (C=N–C) groups is 2. The fourth-order valence-electron chi connectivity index (χ4n) is 3.40. The number of benzene rings is 3. The van der Waals surface area contributed by atoms with E-state index in [9.17, 15) is 4.79 Å². The molecule has 1 aliphatic rings. The highest BCUT2D eigenvalue weighted by Crippen LogP contribution is 2.36. The second-order valence-corrected chi connectivity index (χ2v) is 8.73. The number of fused-ring (bicyclic) bond motifs is 1. The van der Waals surface area contributed by atoms with Crippen molar-refractivity contribution in [2.24, 2.45) is 9.98 Å². The monoisotopic (exact) mass is 427 g/mol. The van der Waals surface area contributed by atoms with Crippen molar-refractivity contribution in [3.05, 3.63) is 89.0 Å². The van der Waals surface area contributed by atoms with E-state index >= 15 is 0 Å². The maximum atomic E-state index is 12.6. The van der Waals surface area contributed by atoms with Crippen LogP contribution in [0, 0.1) is 20.8 Å². The average Bonchev–Trinajstić information content (AvgIpc) is 2.94. The number of amides is 1. The molecular weight excluding hydrogens is 402 g/mol. The highest BCUT2D eigenvalue weighted by molar-refractivity contribution is 8.14. The maximum absolute atomic E-state index is 12.6. The lowest BCUT2D eigenvalue weighted by Gasteiger charge is -2.09. The van der Waals surface area contributed by atoms with Gasteiger partial charge < -0.3 is 5.32 Å². The summed E-state index contributed by atoms with van der Waals surface area (Å²) in [7, 11) is 0. The Balaban J connectivity index is 1.58. The normalized spacial score (nSPS) is 13.0. The molecule has 0 aromatic heterocycles. The zero-order valence-corrected chi connectivity index (χ0v) is 18.8. The van der Waals surface area contributed by atoms with Crippen molar-refractivity contribution < 1.29 is 4.79 Å². The molecule has 0 unspecified atom stereocenters. The molecule has 0 saturated heterocycles. The van der Waals surface area contributed by atoms with Gasteiger partial charge in [0.15, 0.2) is 0 Å². The summed E-state index contributed by atoms with van der Waals surface area (Å²) in [6.07, 6.45) is 0.596. The van der Waals surface area contributed by atoms with Crippen LogP contribution >= 0.6 is 11.8 Å². The Bertz CT molecular complexity index is 1180. The van der Waals surface area contributed by atoms with Crippen LogP contribution in [0.15, 0.2) is 76.7 Å². The molecule has 0 spiro atoms. The molecule has 1 heterocycles. The lowest BCUT2D eigenvalue weighted by atomic mass is 10.1. The van der Waals surface area contributed by atoms with E-state index in [0.29, 0.717) is 12.2 Å². The second kappa shape index (κ2) is 9.31. The molecule has 156 valence electrons. The lowest BCUT2D eigenvalue weighted by Crippen LogP contribution is -2.16. The molecule has 3 aromatic rings. The molecule has 3 aromatic carbocycles. The predicted molar refractivity (Wildman–Crippen MR) is 133 cm³/mol. The molecule has 0 saturated carbocycles. The van der Waals surface area contributed by atoms with E-state index < -0.39 is 0 Å². The second-order valence-electron chi connectivity index (χ2n) is 7.68. The molecule has 31 heavy (non-hydrogen) atoms. The van der Waals surface area contributed by atoms with Gasteiger partial charge in [-0.2, -0.15) is 0 Å². The molecule has 1 N–H and O–H groups in total. The first-order valence-corrected chi connectivity index (χ1v) is 11.3. The van der Waals surface area contributed by atoms with Crippen LogP contribution in [-0.4, -0.2) is 22.4 Å². The third-order valence-corrected chi connectivity index (χ3v) is 6.28. The van der Waals surface area contributed by atoms with Crippen LogP contribution in [0.5, 0.6) is 0 Å². The quantitative estimate of drug-likeness (QED) is 0.514. The summed E-state index contributed by atoms with van der Waals surface area (Å²) in [4.78, 5) is 22.4. The summed E-state index contributed by atoms with van der Waals surface area (Å²) in [5, 5.41) is 3.89. The van der Waals surface area contributed by atoms with Crippen molar-refractivity contribution in [3.63, 3.8) is 0 Å². The van der Waals surface area contributed by atoms with Crippen LogP contribution < -0.4 is 5.32 Å². The summed E-state index contributed by atoms with van der Waals surface area (Å²) in [6.45, 7) is 6.16. The highest BCUT2D eigenvalue weighted by atomic mass is 32.2. The molecule has 0 bridgehead atoms. The molecule has 1 amide bonds. The van der Waals surface area contributed by atoms with Gasteiger partial charge in [0.25, 0.3) is 0 Å².